The van der Waals surface area contributed by atoms with E-state index in [4.69, 9.17) is 5.73 Å². The highest BCUT2D eigenvalue weighted by atomic mass is 35.5. The zero-order valence-electron chi connectivity index (χ0n) is 14.4. The van der Waals surface area contributed by atoms with E-state index in [-0.39, 0.29) is 24.4 Å². The van der Waals surface area contributed by atoms with Crippen LogP contribution in [0.4, 0.5) is 13.2 Å². The van der Waals surface area contributed by atoms with Gasteiger partial charge < -0.3 is 10.6 Å². The average molecular weight is 380 g/mol. The molecule has 25 heavy (non-hydrogen) atoms. The molecule has 142 valence electrons. The Morgan fingerprint density at radius 2 is 1.96 bits per heavy atom. The number of hydrogen-bond donors (Lipinski definition) is 1. The first-order chi connectivity index (χ1) is 11.2. The highest BCUT2D eigenvalue weighted by Gasteiger charge is 2.31. The van der Waals surface area contributed by atoms with Crippen LogP contribution in [0.25, 0.3) is 0 Å². The van der Waals surface area contributed by atoms with E-state index in [2.05, 4.69) is 4.90 Å². The maximum Gasteiger partial charge on any atom is 0.416 e. The summed E-state index contributed by atoms with van der Waals surface area (Å²) >= 11 is 0. The number of nitrogens with two attached hydrogens (primary N) is 1. The summed E-state index contributed by atoms with van der Waals surface area (Å²) in [5, 5.41) is 0. The number of halogens is 4. The number of benzene rings is 1. The van der Waals surface area contributed by atoms with Gasteiger partial charge in [0.15, 0.2) is 0 Å². The fourth-order valence-electron chi connectivity index (χ4n) is 3.08. The van der Waals surface area contributed by atoms with Crippen molar-refractivity contribution in [2.24, 2.45) is 5.73 Å². The molecule has 0 bridgehead atoms. The molecule has 1 aromatic carbocycles. The van der Waals surface area contributed by atoms with E-state index in [1.165, 1.54) is 12.1 Å². The Labute approximate surface area is 152 Å². The molecular weight excluding hydrogens is 355 g/mol. The van der Waals surface area contributed by atoms with E-state index in [0.29, 0.717) is 25.2 Å². The van der Waals surface area contributed by atoms with Crippen LogP contribution in [-0.4, -0.2) is 47.9 Å². The van der Waals surface area contributed by atoms with Crippen LogP contribution in [0.5, 0.6) is 0 Å². The van der Waals surface area contributed by atoms with Crippen molar-refractivity contribution in [3.63, 3.8) is 0 Å². The number of carbonyl (C=O) groups is 1. The van der Waals surface area contributed by atoms with Crippen LogP contribution < -0.4 is 5.73 Å². The molecule has 1 saturated heterocycles. The predicted molar refractivity (Wildman–Crippen MR) is 93.4 cm³/mol. The van der Waals surface area contributed by atoms with Crippen molar-refractivity contribution in [2.45, 2.75) is 44.6 Å². The number of piperidine rings is 1. The first-order valence-electron chi connectivity index (χ1n) is 8.09. The van der Waals surface area contributed by atoms with Gasteiger partial charge in [0.05, 0.1) is 11.6 Å². The second kappa shape index (κ2) is 8.87. The highest BCUT2D eigenvalue weighted by molar-refractivity contribution is 5.85. The fourth-order valence-corrected chi connectivity index (χ4v) is 3.08. The Hall–Kier alpha value is -1.31. The lowest BCUT2D eigenvalue weighted by atomic mass is 10.0. The summed E-state index contributed by atoms with van der Waals surface area (Å²) in [5.74, 6) is -0.0472. The molecular formula is C17H25ClF3N3O. The largest absolute Gasteiger partial charge is 0.416 e. The third kappa shape index (κ3) is 5.87. The number of amides is 1. The van der Waals surface area contributed by atoms with Crippen LogP contribution in [-0.2, 0) is 17.5 Å². The minimum Gasteiger partial charge on any atom is -0.341 e. The van der Waals surface area contributed by atoms with Gasteiger partial charge >= 0.3 is 6.18 Å². The number of carbonyl (C=O) groups excluding carboxylic acids is 1. The molecule has 1 atom stereocenters. The molecule has 1 amide bonds. The zero-order chi connectivity index (χ0) is 17.9. The maximum absolute atomic E-state index is 12.8. The summed E-state index contributed by atoms with van der Waals surface area (Å²) in [4.78, 5) is 15.7. The van der Waals surface area contributed by atoms with E-state index in [9.17, 15) is 18.0 Å². The topological polar surface area (TPSA) is 49.6 Å². The van der Waals surface area contributed by atoms with E-state index < -0.39 is 17.8 Å². The fraction of sp³-hybridized carbons (Fsp3) is 0.588. The van der Waals surface area contributed by atoms with Crippen molar-refractivity contribution in [3.05, 3.63) is 35.4 Å². The van der Waals surface area contributed by atoms with Crippen molar-refractivity contribution in [3.8, 4) is 0 Å². The van der Waals surface area contributed by atoms with Gasteiger partial charge in [-0.1, -0.05) is 18.2 Å². The summed E-state index contributed by atoms with van der Waals surface area (Å²) in [7, 11) is 1.91. The second-order valence-corrected chi connectivity index (χ2v) is 6.46. The number of rotatable bonds is 4. The van der Waals surface area contributed by atoms with Gasteiger partial charge in [0, 0.05) is 25.7 Å². The lowest BCUT2D eigenvalue weighted by Crippen LogP contribution is -2.49. The van der Waals surface area contributed by atoms with Crippen molar-refractivity contribution in [1.29, 1.82) is 0 Å². The van der Waals surface area contributed by atoms with Crippen LogP contribution in [0, 0.1) is 0 Å². The lowest BCUT2D eigenvalue weighted by Gasteiger charge is -2.37. The number of nitrogens with zero attached hydrogens (tertiary/aromatic N) is 2. The second-order valence-electron chi connectivity index (χ2n) is 6.46. The van der Waals surface area contributed by atoms with E-state index in [1.807, 2.05) is 7.05 Å². The minimum atomic E-state index is -4.32. The highest BCUT2D eigenvalue weighted by Crippen LogP contribution is 2.30. The molecule has 0 saturated carbocycles. The molecule has 2 rings (SSSR count). The SMILES string of the molecule is C[C@@H](N)C(=O)N1CCC(N(C)Cc2cccc(C(F)(F)F)c2)CC1.Cl. The molecule has 1 aliphatic heterocycles. The van der Waals surface area contributed by atoms with Gasteiger partial charge in [0.25, 0.3) is 0 Å². The predicted octanol–water partition coefficient (Wildman–Crippen LogP) is 2.90. The summed E-state index contributed by atoms with van der Waals surface area (Å²) in [6.45, 7) is 3.40. The molecule has 0 aliphatic carbocycles. The van der Waals surface area contributed by atoms with Gasteiger partial charge in [-0.05, 0) is 38.4 Å². The van der Waals surface area contributed by atoms with Crippen LogP contribution in [0.1, 0.15) is 30.9 Å². The quantitative estimate of drug-likeness (QED) is 0.875. The monoisotopic (exact) mass is 379 g/mol. The zero-order valence-corrected chi connectivity index (χ0v) is 15.2. The number of alkyl halides is 3. The summed E-state index contributed by atoms with van der Waals surface area (Å²) in [5.41, 5.74) is 5.64. The summed E-state index contributed by atoms with van der Waals surface area (Å²) in [6.07, 6.45) is -2.72. The Balaban J connectivity index is 0.00000312. The molecule has 1 aliphatic rings. The molecule has 0 unspecified atom stereocenters. The molecule has 4 nitrogen and oxygen atoms in total. The van der Waals surface area contributed by atoms with E-state index in [1.54, 1.807) is 17.9 Å². The third-order valence-corrected chi connectivity index (χ3v) is 4.48. The molecule has 1 aromatic rings. The summed E-state index contributed by atoms with van der Waals surface area (Å²) < 4.78 is 38.3. The van der Waals surface area contributed by atoms with Crippen LogP contribution in [0.2, 0.25) is 0 Å². The van der Waals surface area contributed by atoms with Gasteiger partial charge in [0.2, 0.25) is 5.91 Å². The molecule has 0 radical (unpaired) electrons. The summed E-state index contributed by atoms with van der Waals surface area (Å²) in [6, 6.07) is 5.18. The smallest absolute Gasteiger partial charge is 0.341 e. The van der Waals surface area contributed by atoms with E-state index >= 15 is 0 Å². The number of likely N-dealkylation sites (tertiary alicyclic amines) is 1. The maximum atomic E-state index is 12.8. The van der Waals surface area contributed by atoms with Gasteiger partial charge in [-0.2, -0.15) is 13.2 Å². The van der Waals surface area contributed by atoms with Crippen molar-refractivity contribution in [1.82, 2.24) is 9.80 Å². The average Bonchev–Trinajstić information content (AvgIpc) is 2.53. The molecule has 8 heteroatoms. The molecule has 2 N–H and O–H groups in total. The molecule has 0 spiro atoms. The Kier molecular flexibility index (Phi) is 7.71. The lowest BCUT2D eigenvalue weighted by molar-refractivity contribution is -0.137. The van der Waals surface area contributed by atoms with Gasteiger partial charge in [-0.15, -0.1) is 12.4 Å². The first-order valence-corrected chi connectivity index (χ1v) is 8.09. The molecule has 1 heterocycles. The van der Waals surface area contributed by atoms with Crippen molar-refractivity contribution < 1.29 is 18.0 Å². The Bertz CT molecular complexity index is 573. The van der Waals surface area contributed by atoms with Gasteiger partial charge in [0.1, 0.15) is 0 Å². The van der Waals surface area contributed by atoms with Gasteiger partial charge in [-0.25, -0.2) is 0 Å². The minimum absolute atomic E-state index is 0. The Morgan fingerprint density at radius 3 is 2.48 bits per heavy atom. The van der Waals surface area contributed by atoms with Crippen molar-refractivity contribution >= 4 is 18.3 Å². The van der Waals surface area contributed by atoms with Crippen LogP contribution in [0.15, 0.2) is 24.3 Å². The first kappa shape index (κ1) is 21.7. The Morgan fingerprint density at radius 1 is 1.36 bits per heavy atom. The van der Waals surface area contributed by atoms with Crippen molar-refractivity contribution in [2.75, 3.05) is 20.1 Å². The van der Waals surface area contributed by atoms with E-state index in [0.717, 1.165) is 18.9 Å². The molecule has 1 fully saturated rings. The molecule has 0 aromatic heterocycles. The third-order valence-electron chi connectivity index (χ3n) is 4.48. The normalized spacial score (nSPS) is 17.3. The van der Waals surface area contributed by atoms with Gasteiger partial charge in [-0.3, -0.25) is 9.69 Å². The van der Waals surface area contributed by atoms with Crippen LogP contribution >= 0.6 is 12.4 Å². The number of hydrogen-bond acceptors (Lipinski definition) is 3. The van der Waals surface area contributed by atoms with Crippen LogP contribution in [0.3, 0.4) is 0 Å². The standard InChI is InChI=1S/C17H24F3N3O.ClH/c1-12(21)16(24)23-8-6-15(7-9-23)22(2)11-13-4-3-5-14(10-13)17(18,19)20;/h3-5,10,12,15H,6-9,11,21H2,1-2H3;1H/t12-;/m1./s1.